The summed E-state index contributed by atoms with van der Waals surface area (Å²) in [5.74, 6) is -0.492. The Morgan fingerprint density at radius 1 is 1.35 bits per heavy atom. The second kappa shape index (κ2) is 6.99. The molecular weight excluding hydrogens is 218 g/mol. The molecule has 4 nitrogen and oxygen atoms in total. The van der Waals surface area contributed by atoms with Crippen LogP contribution >= 0.6 is 0 Å². The summed E-state index contributed by atoms with van der Waals surface area (Å²) in [7, 11) is 0. The molecule has 1 unspecified atom stereocenters. The minimum atomic E-state index is -1.03. The molecule has 1 aromatic heterocycles. The molecule has 0 aromatic carbocycles. The van der Waals surface area contributed by atoms with Gasteiger partial charge in [-0.2, -0.15) is 0 Å². The van der Waals surface area contributed by atoms with Crippen LogP contribution in [0, 0.1) is 0 Å². The first-order valence-corrected chi connectivity index (χ1v) is 6.27. The average Bonchev–Trinajstić information content (AvgIpc) is 2.75. The highest BCUT2D eigenvalue weighted by Crippen LogP contribution is 2.18. The number of carboxylic acids is 1. The third-order valence-corrected chi connectivity index (χ3v) is 2.71. The number of unbranched alkanes of at least 4 members (excludes halogenated alkanes) is 1. The fraction of sp³-hybridized carbons (Fsp3) is 0.615. The number of hydrogen-bond acceptors (Lipinski definition) is 3. The summed E-state index contributed by atoms with van der Waals surface area (Å²) < 4.78 is 5.19. The second-order valence-electron chi connectivity index (χ2n) is 4.24. The topological polar surface area (TPSA) is 62.5 Å². The van der Waals surface area contributed by atoms with E-state index in [1.807, 2.05) is 0 Å². The Kier molecular flexibility index (Phi) is 5.60. The molecule has 96 valence electrons. The average molecular weight is 239 g/mol. The molecule has 1 atom stereocenters. The maximum absolute atomic E-state index is 10.7. The number of anilines is 1. The van der Waals surface area contributed by atoms with Gasteiger partial charge in [0.05, 0.1) is 0 Å². The van der Waals surface area contributed by atoms with E-state index in [2.05, 4.69) is 19.2 Å². The molecule has 0 aliphatic rings. The Labute approximate surface area is 102 Å². The molecule has 0 aliphatic heterocycles. The number of carbonyl (C=O) groups is 1. The first-order chi connectivity index (χ1) is 8.17. The highest BCUT2D eigenvalue weighted by atomic mass is 16.4. The van der Waals surface area contributed by atoms with Crippen LogP contribution in [0.15, 0.2) is 16.5 Å². The maximum atomic E-state index is 10.7. The van der Waals surface area contributed by atoms with Gasteiger partial charge < -0.3 is 14.8 Å². The monoisotopic (exact) mass is 239 g/mol. The van der Waals surface area contributed by atoms with Crippen molar-refractivity contribution in [3.05, 3.63) is 17.9 Å². The molecule has 0 radical (unpaired) electrons. The Morgan fingerprint density at radius 3 is 2.65 bits per heavy atom. The van der Waals surface area contributed by atoms with Crippen LogP contribution in [0.3, 0.4) is 0 Å². The van der Waals surface area contributed by atoms with Gasteiger partial charge in [-0.3, -0.25) is 0 Å². The van der Waals surface area contributed by atoms with Gasteiger partial charge in [-0.05, 0) is 18.9 Å². The van der Waals surface area contributed by atoms with Crippen molar-refractivity contribution in [2.75, 3.05) is 5.32 Å². The van der Waals surface area contributed by atoms with Gasteiger partial charge in [-0.1, -0.05) is 33.1 Å². The van der Waals surface area contributed by atoms with E-state index in [1.165, 1.54) is 18.9 Å². The number of furan rings is 1. The molecule has 4 heteroatoms. The molecule has 1 rings (SSSR count). The van der Waals surface area contributed by atoms with Gasteiger partial charge in [-0.15, -0.1) is 0 Å². The molecule has 0 bridgehead atoms. The standard InChI is InChI=1S/C13H21NO3/c1-3-5-7-10(6-4-2)14-12-9-8-11(17-12)13(15)16/h8-10,14H,3-7H2,1-2H3,(H,15,16). The zero-order valence-corrected chi connectivity index (χ0v) is 10.5. The van der Waals surface area contributed by atoms with Crippen molar-refractivity contribution in [3.63, 3.8) is 0 Å². The maximum Gasteiger partial charge on any atom is 0.371 e. The third-order valence-electron chi connectivity index (χ3n) is 2.71. The molecule has 0 fully saturated rings. The highest BCUT2D eigenvalue weighted by Gasteiger charge is 2.12. The number of rotatable bonds is 8. The number of aromatic carboxylic acids is 1. The van der Waals surface area contributed by atoms with Gasteiger partial charge in [-0.25, -0.2) is 4.79 Å². The fourth-order valence-corrected chi connectivity index (χ4v) is 1.82. The normalized spacial score (nSPS) is 12.4. The van der Waals surface area contributed by atoms with Crippen molar-refractivity contribution in [3.8, 4) is 0 Å². The van der Waals surface area contributed by atoms with E-state index in [9.17, 15) is 4.79 Å². The molecular formula is C13H21NO3. The molecule has 0 aliphatic carbocycles. The summed E-state index contributed by atoms with van der Waals surface area (Å²) in [6, 6.07) is 3.53. The Balaban J connectivity index is 2.55. The first-order valence-electron chi connectivity index (χ1n) is 6.27. The minimum absolute atomic E-state index is 0.0155. The lowest BCUT2D eigenvalue weighted by Gasteiger charge is -2.16. The lowest BCUT2D eigenvalue weighted by molar-refractivity contribution is 0.0663. The van der Waals surface area contributed by atoms with Crippen molar-refractivity contribution >= 4 is 11.9 Å². The van der Waals surface area contributed by atoms with Crippen LogP contribution in [-0.2, 0) is 0 Å². The predicted octanol–water partition coefficient (Wildman–Crippen LogP) is 3.75. The predicted molar refractivity (Wildman–Crippen MR) is 67.5 cm³/mol. The molecule has 0 saturated heterocycles. The zero-order chi connectivity index (χ0) is 12.7. The fourth-order valence-electron chi connectivity index (χ4n) is 1.82. The lowest BCUT2D eigenvalue weighted by Crippen LogP contribution is -2.18. The summed E-state index contributed by atoms with van der Waals surface area (Å²) >= 11 is 0. The molecule has 0 saturated carbocycles. The van der Waals surface area contributed by atoms with E-state index in [-0.39, 0.29) is 5.76 Å². The van der Waals surface area contributed by atoms with Crippen LogP contribution in [0.4, 0.5) is 5.88 Å². The number of nitrogens with one attached hydrogen (secondary N) is 1. The van der Waals surface area contributed by atoms with Crippen LogP contribution in [0.1, 0.15) is 56.5 Å². The smallest absolute Gasteiger partial charge is 0.371 e. The lowest BCUT2D eigenvalue weighted by atomic mass is 10.1. The summed E-state index contributed by atoms with van der Waals surface area (Å²) in [4.78, 5) is 10.7. The molecule has 1 aromatic rings. The molecule has 2 N–H and O–H groups in total. The SMILES string of the molecule is CCCCC(CCC)Nc1ccc(C(=O)O)o1. The molecule has 0 amide bonds. The first kappa shape index (κ1) is 13.6. The van der Waals surface area contributed by atoms with Crippen molar-refractivity contribution in [2.45, 2.75) is 52.0 Å². The summed E-state index contributed by atoms with van der Waals surface area (Å²) in [5.41, 5.74) is 0. The highest BCUT2D eigenvalue weighted by molar-refractivity contribution is 5.84. The summed E-state index contributed by atoms with van der Waals surface area (Å²) in [5, 5.41) is 12.0. The van der Waals surface area contributed by atoms with Gasteiger partial charge in [0.1, 0.15) is 0 Å². The Morgan fingerprint density at radius 2 is 2.12 bits per heavy atom. The molecule has 17 heavy (non-hydrogen) atoms. The van der Waals surface area contributed by atoms with Crippen LogP contribution in [-0.4, -0.2) is 17.1 Å². The van der Waals surface area contributed by atoms with Gasteiger partial charge >= 0.3 is 5.97 Å². The van der Waals surface area contributed by atoms with E-state index in [0.717, 1.165) is 19.3 Å². The summed E-state index contributed by atoms with van der Waals surface area (Å²) in [6.45, 7) is 4.31. The Hall–Kier alpha value is -1.45. The number of carboxylic acid groups (broad SMARTS) is 1. The van der Waals surface area contributed by atoms with Gasteiger partial charge in [0.25, 0.3) is 0 Å². The minimum Gasteiger partial charge on any atom is -0.475 e. The molecule has 0 spiro atoms. The Bertz CT molecular complexity index is 346. The van der Waals surface area contributed by atoms with E-state index in [0.29, 0.717) is 11.9 Å². The van der Waals surface area contributed by atoms with E-state index < -0.39 is 5.97 Å². The van der Waals surface area contributed by atoms with Crippen molar-refractivity contribution in [1.82, 2.24) is 0 Å². The second-order valence-corrected chi connectivity index (χ2v) is 4.24. The largest absolute Gasteiger partial charge is 0.475 e. The van der Waals surface area contributed by atoms with E-state index >= 15 is 0 Å². The van der Waals surface area contributed by atoms with Crippen molar-refractivity contribution in [1.29, 1.82) is 0 Å². The summed E-state index contributed by atoms with van der Waals surface area (Å²) in [6.07, 6.45) is 5.61. The molecule has 1 heterocycles. The zero-order valence-electron chi connectivity index (χ0n) is 10.5. The van der Waals surface area contributed by atoms with Crippen LogP contribution < -0.4 is 5.32 Å². The van der Waals surface area contributed by atoms with E-state index in [4.69, 9.17) is 9.52 Å². The number of hydrogen-bond donors (Lipinski definition) is 2. The van der Waals surface area contributed by atoms with Crippen LogP contribution in [0.25, 0.3) is 0 Å². The van der Waals surface area contributed by atoms with Crippen LogP contribution in [0.5, 0.6) is 0 Å². The van der Waals surface area contributed by atoms with Crippen molar-refractivity contribution < 1.29 is 14.3 Å². The van der Waals surface area contributed by atoms with Crippen LogP contribution in [0.2, 0.25) is 0 Å². The van der Waals surface area contributed by atoms with Gasteiger partial charge in [0.2, 0.25) is 5.76 Å². The van der Waals surface area contributed by atoms with Gasteiger partial charge in [0, 0.05) is 12.1 Å². The third kappa shape index (κ3) is 4.51. The van der Waals surface area contributed by atoms with E-state index in [1.54, 1.807) is 6.07 Å². The van der Waals surface area contributed by atoms with Gasteiger partial charge in [0.15, 0.2) is 5.88 Å². The quantitative estimate of drug-likeness (QED) is 0.725. The van der Waals surface area contributed by atoms with Crippen molar-refractivity contribution in [2.24, 2.45) is 0 Å².